The lowest BCUT2D eigenvalue weighted by Crippen LogP contribution is -2.47. The lowest BCUT2D eigenvalue weighted by Gasteiger charge is -2.28. The predicted octanol–water partition coefficient (Wildman–Crippen LogP) is 2.13. The summed E-state index contributed by atoms with van der Waals surface area (Å²) in [6.07, 6.45) is 0. The van der Waals surface area contributed by atoms with Gasteiger partial charge >= 0.3 is 0 Å². The fourth-order valence-electron chi connectivity index (χ4n) is 1.12. The Balaban J connectivity index is 2.73. The highest BCUT2D eigenvalue weighted by Crippen LogP contribution is 2.18. The van der Waals surface area contributed by atoms with Crippen molar-refractivity contribution in [3.8, 4) is 0 Å². The second-order valence-electron chi connectivity index (χ2n) is 4.49. The van der Waals surface area contributed by atoms with E-state index in [2.05, 4.69) is 5.32 Å². The first-order valence-electron chi connectivity index (χ1n) is 5.10. The molecule has 0 aliphatic carbocycles. The summed E-state index contributed by atoms with van der Waals surface area (Å²) in [7, 11) is 0. The SMILES string of the molecule is CC(Nc1ccc([N+](=O)[O-])cc1)C(C)(C)N. The molecule has 0 spiro atoms. The topological polar surface area (TPSA) is 81.2 Å². The molecule has 0 radical (unpaired) electrons. The molecule has 1 aromatic carbocycles. The maximum absolute atomic E-state index is 10.5. The number of rotatable bonds is 4. The molecular formula is C11H17N3O2. The van der Waals surface area contributed by atoms with Crippen molar-refractivity contribution in [3.05, 3.63) is 34.4 Å². The minimum Gasteiger partial charge on any atom is -0.381 e. The van der Waals surface area contributed by atoms with Crippen LogP contribution in [0, 0.1) is 10.1 Å². The molecule has 0 aliphatic rings. The van der Waals surface area contributed by atoms with Crippen LogP contribution in [-0.4, -0.2) is 16.5 Å². The molecule has 0 aromatic heterocycles. The Hall–Kier alpha value is -1.62. The number of anilines is 1. The van der Waals surface area contributed by atoms with E-state index in [1.54, 1.807) is 12.1 Å². The molecular weight excluding hydrogens is 206 g/mol. The summed E-state index contributed by atoms with van der Waals surface area (Å²) in [6, 6.07) is 6.38. The van der Waals surface area contributed by atoms with Gasteiger partial charge in [-0.05, 0) is 32.9 Å². The van der Waals surface area contributed by atoms with Crippen molar-refractivity contribution in [1.82, 2.24) is 0 Å². The summed E-state index contributed by atoms with van der Waals surface area (Å²) < 4.78 is 0. The van der Waals surface area contributed by atoms with Crippen molar-refractivity contribution in [2.75, 3.05) is 5.32 Å². The van der Waals surface area contributed by atoms with Crippen LogP contribution in [0.2, 0.25) is 0 Å². The molecule has 0 bridgehead atoms. The van der Waals surface area contributed by atoms with Gasteiger partial charge in [-0.15, -0.1) is 0 Å². The zero-order valence-corrected chi connectivity index (χ0v) is 9.73. The van der Waals surface area contributed by atoms with Gasteiger partial charge in [-0.3, -0.25) is 10.1 Å². The van der Waals surface area contributed by atoms with Gasteiger partial charge < -0.3 is 11.1 Å². The molecule has 1 rings (SSSR count). The van der Waals surface area contributed by atoms with Gasteiger partial charge in [-0.2, -0.15) is 0 Å². The summed E-state index contributed by atoms with van der Waals surface area (Å²) in [6.45, 7) is 5.83. The Morgan fingerprint density at radius 3 is 2.25 bits per heavy atom. The average molecular weight is 223 g/mol. The summed E-state index contributed by atoms with van der Waals surface area (Å²) in [4.78, 5) is 10.0. The van der Waals surface area contributed by atoms with Gasteiger partial charge in [0.2, 0.25) is 0 Å². The minimum atomic E-state index is -0.417. The molecule has 3 N–H and O–H groups in total. The number of nitro benzene ring substituents is 1. The van der Waals surface area contributed by atoms with Crippen molar-refractivity contribution in [2.24, 2.45) is 5.73 Å². The lowest BCUT2D eigenvalue weighted by molar-refractivity contribution is -0.384. The van der Waals surface area contributed by atoms with Gasteiger partial charge in [0, 0.05) is 29.4 Å². The fourth-order valence-corrected chi connectivity index (χ4v) is 1.12. The van der Waals surface area contributed by atoms with Crippen LogP contribution in [0.5, 0.6) is 0 Å². The molecule has 0 fully saturated rings. The van der Waals surface area contributed by atoms with E-state index in [1.807, 2.05) is 20.8 Å². The Morgan fingerprint density at radius 1 is 1.38 bits per heavy atom. The van der Waals surface area contributed by atoms with Gasteiger partial charge in [0.05, 0.1) is 4.92 Å². The van der Waals surface area contributed by atoms with Crippen molar-refractivity contribution >= 4 is 11.4 Å². The third kappa shape index (κ3) is 3.20. The van der Waals surface area contributed by atoms with Crippen LogP contribution < -0.4 is 11.1 Å². The van der Waals surface area contributed by atoms with E-state index in [1.165, 1.54) is 12.1 Å². The number of nitrogens with one attached hydrogen (secondary N) is 1. The van der Waals surface area contributed by atoms with Crippen LogP contribution in [0.25, 0.3) is 0 Å². The lowest BCUT2D eigenvalue weighted by atomic mass is 9.97. The van der Waals surface area contributed by atoms with Crippen LogP contribution in [0.4, 0.5) is 11.4 Å². The molecule has 0 saturated carbocycles. The number of benzene rings is 1. The summed E-state index contributed by atoms with van der Waals surface area (Å²) in [5.41, 5.74) is 6.51. The third-order valence-corrected chi connectivity index (χ3v) is 2.58. The smallest absolute Gasteiger partial charge is 0.269 e. The molecule has 0 saturated heterocycles. The first-order valence-corrected chi connectivity index (χ1v) is 5.10. The van der Waals surface area contributed by atoms with Gasteiger partial charge in [-0.1, -0.05) is 0 Å². The van der Waals surface area contributed by atoms with E-state index in [9.17, 15) is 10.1 Å². The molecule has 0 amide bonds. The first-order chi connectivity index (χ1) is 7.30. The number of non-ortho nitro benzene ring substituents is 1. The zero-order valence-electron chi connectivity index (χ0n) is 9.73. The molecule has 88 valence electrons. The van der Waals surface area contributed by atoms with Crippen LogP contribution in [-0.2, 0) is 0 Å². The van der Waals surface area contributed by atoms with Crippen molar-refractivity contribution in [1.29, 1.82) is 0 Å². The molecule has 5 heteroatoms. The van der Waals surface area contributed by atoms with Crippen LogP contribution >= 0.6 is 0 Å². The zero-order chi connectivity index (χ0) is 12.3. The van der Waals surface area contributed by atoms with Crippen molar-refractivity contribution in [2.45, 2.75) is 32.4 Å². The molecule has 0 aliphatic heterocycles. The summed E-state index contributed by atoms with van der Waals surface area (Å²) in [5.74, 6) is 0. The number of nitrogens with two attached hydrogens (primary N) is 1. The number of nitrogens with zero attached hydrogens (tertiary/aromatic N) is 1. The van der Waals surface area contributed by atoms with Crippen LogP contribution in [0.3, 0.4) is 0 Å². The normalized spacial score (nSPS) is 13.2. The monoisotopic (exact) mass is 223 g/mol. The third-order valence-electron chi connectivity index (χ3n) is 2.58. The number of hydrogen-bond donors (Lipinski definition) is 2. The van der Waals surface area contributed by atoms with E-state index in [0.717, 1.165) is 5.69 Å². The van der Waals surface area contributed by atoms with Gasteiger partial charge in [0.25, 0.3) is 5.69 Å². The van der Waals surface area contributed by atoms with Gasteiger partial charge in [0.1, 0.15) is 0 Å². The fraction of sp³-hybridized carbons (Fsp3) is 0.455. The molecule has 1 atom stereocenters. The van der Waals surface area contributed by atoms with Crippen LogP contribution in [0.1, 0.15) is 20.8 Å². The minimum absolute atomic E-state index is 0.0777. The Kier molecular flexibility index (Phi) is 3.49. The Labute approximate surface area is 94.8 Å². The number of nitro groups is 1. The van der Waals surface area contributed by atoms with E-state index < -0.39 is 4.92 Å². The van der Waals surface area contributed by atoms with Crippen LogP contribution in [0.15, 0.2) is 24.3 Å². The van der Waals surface area contributed by atoms with E-state index in [-0.39, 0.29) is 17.3 Å². The summed E-state index contributed by atoms with van der Waals surface area (Å²) in [5, 5.41) is 13.7. The maximum atomic E-state index is 10.5. The Bertz CT molecular complexity index is 368. The molecule has 16 heavy (non-hydrogen) atoms. The average Bonchev–Trinajstić information content (AvgIpc) is 2.17. The molecule has 5 nitrogen and oxygen atoms in total. The van der Waals surface area contributed by atoms with Crippen molar-refractivity contribution < 1.29 is 4.92 Å². The Morgan fingerprint density at radius 2 is 1.88 bits per heavy atom. The second-order valence-corrected chi connectivity index (χ2v) is 4.49. The first kappa shape index (κ1) is 12.4. The maximum Gasteiger partial charge on any atom is 0.269 e. The molecule has 1 aromatic rings. The largest absolute Gasteiger partial charge is 0.381 e. The highest BCUT2D eigenvalue weighted by atomic mass is 16.6. The van der Waals surface area contributed by atoms with Crippen molar-refractivity contribution in [3.63, 3.8) is 0 Å². The molecule has 1 unspecified atom stereocenters. The summed E-state index contributed by atoms with van der Waals surface area (Å²) >= 11 is 0. The standard InChI is InChI=1S/C11H17N3O2/c1-8(11(2,3)12)13-9-4-6-10(7-5-9)14(15)16/h4-8,13H,12H2,1-3H3. The van der Waals surface area contributed by atoms with E-state index in [0.29, 0.717) is 0 Å². The van der Waals surface area contributed by atoms with E-state index >= 15 is 0 Å². The number of hydrogen-bond acceptors (Lipinski definition) is 4. The predicted molar refractivity (Wildman–Crippen MR) is 64.4 cm³/mol. The highest BCUT2D eigenvalue weighted by Gasteiger charge is 2.20. The molecule has 0 heterocycles. The van der Waals surface area contributed by atoms with Gasteiger partial charge in [0.15, 0.2) is 0 Å². The highest BCUT2D eigenvalue weighted by molar-refractivity contribution is 5.49. The van der Waals surface area contributed by atoms with Gasteiger partial charge in [-0.25, -0.2) is 0 Å². The van der Waals surface area contributed by atoms with E-state index in [4.69, 9.17) is 5.73 Å². The quantitative estimate of drug-likeness (QED) is 0.605. The second kappa shape index (κ2) is 4.49.